The lowest BCUT2D eigenvalue weighted by Gasteiger charge is -2.31. The van der Waals surface area contributed by atoms with Gasteiger partial charge in [-0.25, -0.2) is 8.42 Å². The molecule has 2 saturated carbocycles. The van der Waals surface area contributed by atoms with Crippen molar-refractivity contribution in [3.8, 4) is 0 Å². The van der Waals surface area contributed by atoms with E-state index in [1.807, 2.05) is 7.05 Å². The van der Waals surface area contributed by atoms with Crippen LogP contribution >= 0.6 is 0 Å². The van der Waals surface area contributed by atoms with Crippen LogP contribution in [0, 0.1) is 0 Å². The lowest BCUT2D eigenvalue weighted by Crippen LogP contribution is -2.49. The zero-order chi connectivity index (χ0) is 14.1. The molecule has 2 atom stereocenters. The summed E-state index contributed by atoms with van der Waals surface area (Å²) in [5, 5.41) is 13.3. The minimum absolute atomic E-state index is 0.134. The Labute approximate surface area is 116 Å². The van der Waals surface area contributed by atoms with Crippen molar-refractivity contribution in [1.82, 2.24) is 10.2 Å². The van der Waals surface area contributed by atoms with E-state index in [2.05, 4.69) is 10.2 Å². The highest BCUT2D eigenvalue weighted by atomic mass is 32.2. The van der Waals surface area contributed by atoms with Crippen molar-refractivity contribution in [2.75, 3.05) is 32.2 Å². The Morgan fingerprint density at radius 2 is 2.05 bits per heavy atom. The van der Waals surface area contributed by atoms with E-state index in [9.17, 15) is 13.5 Å². The number of hydrogen-bond acceptors (Lipinski definition) is 5. The first-order chi connectivity index (χ1) is 8.84. The highest BCUT2D eigenvalue weighted by Crippen LogP contribution is 2.35. The summed E-state index contributed by atoms with van der Waals surface area (Å²) in [5.74, 6) is 0.210. The Morgan fingerprint density at radius 1 is 1.37 bits per heavy atom. The maximum atomic E-state index is 11.2. The number of hydrogen-bond donors (Lipinski definition) is 2. The third-order valence-corrected chi connectivity index (χ3v) is 5.34. The molecule has 2 aliphatic rings. The second-order valence-electron chi connectivity index (χ2n) is 6.36. The van der Waals surface area contributed by atoms with Crippen LogP contribution in [-0.2, 0) is 9.84 Å². The molecule has 0 aromatic rings. The smallest absolute Gasteiger partial charge is 0.148 e. The Kier molecular flexibility index (Phi) is 4.55. The van der Waals surface area contributed by atoms with Crippen LogP contribution in [0.1, 0.15) is 32.1 Å². The number of sulfone groups is 1. The fourth-order valence-electron chi connectivity index (χ4n) is 2.95. The van der Waals surface area contributed by atoms with Crippen LogP contribution in [0.4, 0.5) is 0 Å². The molecule has 2 aliphatic carbocycles. The van der Waals surface area contributed by atoms with Gasteiger partial charge in [-0.3, -0.25) is 0 Å². The molecule has 0 saturated heterocycles. The van der Waals surface area contributed by atoms with E-state index >= 15 is 0 Å². The van der Waals surface area contributed by atoms with Gasteiger partial charge in [0.15, 0.2) is 0 Å². The van der Waals surface area contributed by atoms with E-state index in [4.69, 9.17) is 0 Å². The Hall–Kier alpha value is -0.170. The van der Waals surface area contributed by atoms with Crippen LogP contribution in [0.2, 0.25) is 0 Å². The molecule has 6 heteroatoms. The molecule has 0 bridgehead atoms. The lowest BCUT2D eigenvalue weighted by molar-refractivity contribution is 0.150. The molecule has 2 rings (SSSR count). The van der Waals surface area contributed by atoms with Crippen molar-refractivity contribution >= 4 is 9.84 Å². The summed E-state index contributed by atoms with van der Waals surface area (Å²) < 4.78 is 22.4. The van der Waals surface area contributed by atoms with Gasteiger partial charge in [0.25, 0.3) is 0 Å². The Morgan fingerprint density at radius 3 is 2.58 bits per heavy atom. The monoisotopic (exact) mass is 290 g/mol. The number of aliphatic hydroxyl groups excluding tert-OH is 1. The van der Waals surface area contributed by atoms with E-state index < -0.39 is 9.84 Å². The predicted octanol–water partition coefficient (Wildman–Crippen LogP) is -0.00160. The summed E-state index contributed by atoms with van der Waals surface area (Å²) in [4.78, 5) is 2.13. The summed E-state index contributed by atoms with van der Waals surface area (Å²) in [6.45, 7) is 0.758. The van der Waals surface area contributed by atoms with Crippen molar-refractivity contribution in [3.63, 3.8) is 0 Å². The van der Waals surface area contributed by atoms with Crippen molar-refractivity contribution in [2.24, 2.45) is 0 Å². The molecule has 0 heterocycles. The fraction of sp³-hybridized carbons (Fsp3) is 1.00. The topological polar surface area (TPSA) is 69.6 Å². The molecule has 19 heavy (non-hydrogen) atoms. The van der Waals surface area contributed by atoms with Gasteiger partial charge in [0.1, 0.15) is 9.84 Å². The largest absolute Gasteiger partial charge is 0.394 e. The summed E-state index contributed by atoms with van der Waals surface area (Å²) in [7, 11) is -0.912. The molecule has 2 unspecified atom stereocenters. The molecule has 0 aromatic carbocycles. The minimum atomic E-state index is -2.90. The summed E-state index contributed by atoms with van der Waals surface area (Å²) in [6, 6.07) is 0.965. The van der Waals surface area contributed by atoms with Gasteiger partial charge in [0.2, 0.25) is 0 Å². The lowest BCUT2D eigenvalue weighted by atomic mass is 9.98. The minimum Gasteiger partial charge on any atom is -0.394 e. The Bertz CT molecular complexity index is 408. The van der Waals surface area contributed by atoms with Gasteiger partial charge in [0, 0.05) is 30.4 Å². The molecule has 2 N–H and O–H groups in total. The van der Waals surface area contributed by atoms with Crippen LogP contribution in [-0.4, -0.2) is 68.3 Å². The van der Waals surface area contributed by atoms with Crippen molar-refractivity contribution in [2.45, 2.75) is 49.7 Å². The molecule has 0 aromatic heterocycles. The van der Waals surface area contributed by atoms with Crippen molar-refractivity contribution in [3.05, 3.63) is 0 Å². The first kappa shape index (κ1) is 15.2. The van der Waals surface area contributed by atoms with Crippen molar-refractivity contribution in [1.29, 1.82) is 0 Å². The van der Waals surface area contributed by atoms with Gasteiger partial charge in [-0.2, -0.15) is 0 Å². The quantitative estimate of drug-likeness (QED) is 0.691. The highest BCUT2D eigenvalue weighted by Gasteiger charge is 2.43. The SMILES string of the molecule is CN(CCS(C)(=O)=O)C1CCC(CO)(NC2CC2)C1. The van der Waals surface area contributed by atoms with E-state index in [0.29, 0.717) is 18.6 Å². The first-order valence-corrected chi connectivity index (χ1v) is 9.16. The molecule has 0 amide bonds. The van der Waals surface area contributed by atoms with Crippen LogP contribution in [0.3, 0.4) is 0 Å². The van der Waals surface area contributed by atoms with Gasteiger partial charge >= 0.3 is 0 Å². The van der Waals surface area contributed by atoms with Crippen LogP contribution in [0.5, 0.6) is 0 Å². The average Bonchev–Trinajstić information content (AvgIpc) is 3.03. The summed E-state index contributed by atoms with van der Waals surface area (Å²) in [5.41, 5.74) is -0.134. The number of aliphatic hydroxyl groups is 1. The second kappa shape index (κ2) is 5.68. The van der Waals surface area contributed by atoms with Gasteiger partial charge < -0.3 is 15.3 Å². The number of nitrogens with one attached hydrogen (secondary N) is 1. The number of nitrogens with zero attached hydrogens (tertiary/aromatic N) is 1. The fourth-order valence-corrected chi connectivity index (χ4v) is 3.57. The molecule has 0 aliphatic heterocycles. The normalized spacial score (nSPS) is 32.1. The molecule has 112 valence electrons. The molecule has 2 fully saturated rings. The van der Waals surface area contributed by atoms with Crippen LogP contribution in [0.25, 0.3) is 0 Å². The van der Waals surface area contributed by atoms with Crippen molar-refractivity contribution < 1.29 is 13.5 Å². The zero-order valence-electron chi connectivity index (χ0n) is 11.9. The van der Waals surface area contributed by atoms with Crippen LogP contribution in [0.15, 0.2) is 0 Å². The first-order valence-electron chi connectivity index (χ1n) is 7.10. The van der Waals surface area contributed by atoms with Gasteiger partial charge in [-0.05, 0) is 39.2 Å². The molecular formula is C13H26N2O3S. The molecule has 0 radical (unpaired) electrons. The highest BCUT2D eigenvalue weighted by molar-refractivity contribution is 7.90. The average molecular weight is 290 g/mol. The van der Waals surface area contributed by atoms with Gasteiger partial charge in [-0.1, -0.05) is 0 Å². The van der Waals surface area contributed by atoms with E-state index in [-0.39, 0.29) is 17.9 Å². The number of rotatable bonds is 7. The summed E-state index contributed by atoms with van der Waals surface area (Å²) >= 11 is 0. The Balaban J connectivity index is 1.85. The summed E-state index contributed by atoms with van der Waals surface area (Å²) in [6.07, 6.45) is 6.64. The van der Waals surface area contributed by atoms with Gasteiger partial charge in [0.05, 0.1) is 12.4 Å². The van der Waals surface area contributed by atoms with E-state index in [1.165, 1.54) is 19.1 Å². The van der Waals surface area contributed by atoms with Crippen LogP contribution < -0.4 is 5.32 Å². The van der Waals surface area contributed by atoms with E-state index in [0.717, 1.165) is 19.3 Å². The van der Waals surface area contributed by atoms with E-state index in [1.54, 1.807) is 0 Å². The third kappa shape index (κ3) is 4.41. The second-order valence-corrected chi connectivity index (χ2v) is 8.62. The van der Waals surface area contributed by atoms with Gasteiger partial charge in [-0.15, -0.1) is 0 Å². The third-order valence-electron chi connectivity index (χ3n) is 4.41. The predicted molar refractivity (Wildman–Crippen MR) is 76.0 cm³/mol. The zero-order valence-corrected chi connectivity index (χ0v) is 12.7. The standard InChI is InChI=1S/C13H26N2O3S/c1-15(7-8-19(2,17)18)12-5-6-13(9-12,10-16)14-11-3-4-11/h11-12,14,16H,3-10H2,1-2H3. The molecule has 0 spiro atoms. The maximum Gasteiger partial charge on any atom is 0.148 e. The maximum absolute atomic E-state index is 11.2. The molecule has 5 nitrogen and oxygen atoms in total. The molecular weight excluding hydrogens is 264 g/mol.